The van der Waals surface area contributed by atoms with Crippen LogP contribution in [0.1, 0.15) is 18.9 Å². The van der Waals surface area contributed by atoms with Gasteiger partial charge in [-0.25, -0.2) is 4.79 Å². The van der Waals surface area contributed by atoms with Crippen molar-refractivity contribution in [1.29, 1.82) is 0 Å². The van der Waals surface area contributed by atoms with Crippen molar-refractivity contribution < 1.29 is 27.2 Å². The summed E-state index contributed by atoms with van der Waals surface area (Å²) in [6.45, 7) is 1.34. The Morgan fingerprint density at radius 2 is 1.95 bits per heavy atom. The fourth-order valence-corrected chi connectivity index (χ4v) is 1.79. The molecule has 1 rings (SSSR count). The molecule has 0 N–H and O–H groups in total. The van der Waals surface area contributed by atoms with Crippen molar-refractivity contribution in [3.8, 4) is 5.75 Å². The zero-order valence-electron chi connectivity index (χ0n) is 10.8. The molecule has 0 aromatic heterocycles. The van der Waals surface area contributed by atoms with Gasteiger partial charge in [0.1, 0.15) is 0 Å². The minimum absolute atomic E-state index is 0.0979. The van der Waals surface area contributed by atoms with Crippen molar-refractivity contribution in [2.45, 2.75) is 19.8 Å². The van der Waals surface area contributed by atoms with E-state index in [0.717, 1.165) is 11.8 Å². The van der Waals surface area contributed by atoms with Crippen LogP contribution in [0.5, 0.6) is 5.75 Å². The Hall–Kier alpha value is -1.60. The molecule has 0 radical (unpaired) electrons. The van der Waals surface area contributed by atoms with Crippen molar-refractivity contribution in [3.05, 3.63) is 29.8 Å². The first-order valence-corrected chi connectivity index (χ1v) is 7.47. The molecule has 6 nitrogen and oxygen atoms in total. The van der Waals surface area contributed by atoms with E-state index in [4.69, 9.17) is 4.89 Å². The van der Waals surface area contributed by atoms with E-state index < -0.39 is 16.1 Å². The van der Waals surface area contributed by atoms with Crippen LogP contribution >= 0.6 is 0 Å². The Kier molecular flexibility index (Phi) is 5.78. The van der Waals surface area contributed by atoms with Gasteiger partial charge in [0, 0.05) is 6.92 Å². The van der Waals surface area contributed by atoms with Crippen molar-refractivity contribution in [2.75, 3.05) is 12.9 Å². The molecule has 0 heterocycles. The first-order chi connectivity index (χ1) is 8.88. The summed E-state index contributed by atoms with van der Waals surface area (Å²) in [5, 5.41) is 0. The van der Waals surface area contributed by atoms with E-state index in [1.54, 1.807) is 18.2 Å². The average molecular weight is 288 g/mol. The van der Waals surface area contributed by atoms with Gasteiger partial charge >= 0.3 is 5.97 Å². The van der Waals surface area contributed by atoms with Gasteiger partial charge in [-0.1, -0.05) is 18.2 Å². The number of aryl methyl sites for hydroxylation is 1. The number of carbonyl (C=O) groups excluding carboxylic acids is 1. The molecule has 0 amide bonds. The third kappa shape index (κ3) is 6.78. The standard InChI is InChI=1S/C12H16O6S/c1-10(13)17-18-12-8-4-3-6-11(12)7-5-9-16-19(2,14)15/h3-4,6,8H,5,7,9H2,1-2H3. The Morgan fingerprint density at radius 3 is 2.58 bits per heavy atom. The molecule has 106 valence electrons. The van der Waals surface area contributed by atoms with Gasteiger partial charge in [0.15, 0.2) is 5.75 Å². The first-order valence-electron chi connectivity index (χ1n) is 5.66. The smallest absolute Gasteiger partial charge is 0.287 e. The zero-order chi connectivity index (χ0) is 14.3. The molecule has 0 aliphatic heterocycles. The third-order valence-electron chi connectivity index (χ3n) is 2.11. The van der Waals surface area contributed by atoms with Gasteiger partial charge in [-0.15, -0.1) is 0 Å². The van der Waals surface area contributed by atoms with Crippen molar-refractivity contribution in [2.24, 2.45) is 0 Å². The van der Waals surface area contributed by atoms with E-state index in [2.05, 4.69) is 9.07 Å². The third-order valence-corrected chi connectivity index (χ3v) is 2.70. The van der Waals surface area contributed by atoms with Gasteiger partial charge in [-0.05, 0) is 24.5 Å². The van der Waals surface area contributed by atoms with E-state index >= 15 is 0 Å². The fourth-order valence-electron chi connectivity index (χ4n) is 1.37. The highest BCUT2D eigenvalue weighted by Crippen LogP contribution is 2.19. The maximum atomic E-state index is 10.8. The molecule has 0 saturated carbocycles. The first kappa shape index (κ1) is 15.5. The second-order valence-electron chi connectivity index (χ2n) is 3.90. The van der Waals surface area contributed by atoms with E-state index in [1.807, 2.05) is 6.07 Å². The predicted molar refractivity (Wildman–Crippen MR) is 68.0 cm³/mol. The monoisotopic (exact) mass is 288 g/mol. The van der Waals surface area contributed by atoms with Crippen LogP contribution < -0.4 is 4.89 Å². The SMILES string of the molecule is CC(=O)OOc1ccccc1CCCOS(C)(=O)=O. The Bertz CT molecular complexity index is 523. The van der Waals surface area contributed by atoms with E-state index in [1.165, 1.54) is 6.92 Å². The lowest BCUT2D eigenvalue weighted by Gasteiger charge is -2.08. The Labute approximate surface area is 112 Å². The van der Waals surface area contributed by atoms with Crippen LogP contribution in [0.2, 0.25) is 0 Å². The van der Waals surface area contributed by atoms with Crippen LogP contribution in [0, 0.1) is 0 Å². The van der Waals surface area contributed by atoms with Gasteiger partial charge in [0.05, 0.1) is 12.9 Å². The molecule has 0 atom stereocenters. The lowest BCUT2D eigenvalue weighted by Crippen LogP contribution is -2.07. The normalized spacial score (nSPS) is 11.1. The summed E-state index contributed by atoms with van der Waals surface area (Å²) >= 11 is 0. The lowest BCUT2D eigenvalue weighted by atomic mass is 10.1. The molecule has 0 saturated heterocycles. The van der Waals surface area contributed by atoms with Gasteiger partial charge in [-0.3, -0.25) is 14.0 Å². The van der Waals surface area contributed by atoms with Gasteiger partial charge in [-0.2, -0.15) is 8.42 Å². The molecule has 0 fully saturated rings. The molecular formula is C12H16O6S. The van der Waals surface area contributed by atoms with Crippen LogP contribution in [-0.4, -0.2) is 27.2 Å². The molecule has 7 heteroatoms. The predicted octanol–water partition coefficient (Wildman–Crippen LogP) is 1.45. The summed E-state index contributed by atoms with van der Waals surface area (Å²) in [7, 11) is -3.41. The molecule has 0 spiro atoms. The van der Waals surface area contributed by atoms with Crippen LogP contribution in [0.15, 0.2) is 24.3 Å². The number of hydrogen-bond donors (Lipinski definition) is 0. The quantitative estimate of drug-likeness (QED) is 0.327. The van der Waals surface area contributed by atoms with Crippen LogP contribution in [-0.2, 0) is 30.4 Å². The minimum atomic E-state index is -3.41. The van der Waals surface area contributed by atoms with Gasteiger partial charge in [0.2, 0.25) is 0 Å². The van der Waals surface area contributed by atoms with Crippen molar-refractivity contribution in [3.63, 3.8) is 0 Å². The van der Waals surface area contributed by atoms with Crippen LogP contribution in [0.25, 0.3) is 0 Å². The molecule has 1 aromatic carbocycles. The molecule has 19 heavy (non-hydrogen) atoms. The topological polar surface area (TPSA) is 78.9 Å². The Balaban J connectivity index is 2.50. The summed E-state index contributed by atoms with van der Waals surface area (Å²) in [6.07, 6.45) is 2.06. The van der Waals surface area contributed by atoms with Crippen LogP contribution in [0.4, 0.5) is 0 Å². The van der Waals surface area contributed by atoms with Crippen molar-refractivity contribution in [1.82, 2.24) is 0 Å². The number of carbonyl (C=O) groups is 1. The molecule has 1 aromatic rings. The summed E-state index contributed by atoms with van der Waals surface area (Å²) in [5.74, 6) is -0.118. The van der Waals surface area contributed by atoms with Crippen molar-refractivity contribution >= 4 is 16.1 Å². The van der Waals surface area contributed by atoms with Gasteiger partial charge < -0.3 is 0 Å². The maximum absolute atomic E-state index is 10.8. The fraction of sp³-hybridized carbons (Fsp3) is 0.417. The Morgan fingerprint density at radius 1 is 1.26 bits per heavy atom. The second-order valence-corrected chi connectivity index (χ2v) is 5.54. The summed E-state index contributed by atoms with van der Waals surface area (Å²) in [4.78, 5) is 20.0. The number of hydrogen-bond acceptors (Lipinski definition) is 6. The van der Waals surface area contributed by atoms with E-state index in [9.17, 15) is 13.2 Å². The number of benzene rings is 1. The summed E-state index contributed by atoms with van der Waals surface area (Å²) in [6, 6.07) is 7.03. The molecule has 0 unspecified atom stereocenters. The molecular weight excluding hydrogens is 272 g/mol. The highest BCUT2D eigenvalue weighted by atomic mass is 32.2. The highest BCUT2D eigenvalue weighted by molar-refractivity contribution is 7.85. The number of para-hydroxylation sites is 1. The largest absolute Gasteiger partial charge is 0.352 e. The highest BCUT2D eigenvalue weighted by Gasteiger charge is 2.07. The number of rotatable bonds is 7. The van der Waals surface area contributed by atoms with Crippen LogP contribution in [0.3, 0.4) is 0 Å². The van der Waals surface area contributed by atoms with E-state index in [0.29, 0.717) is 18.6 Å². The molecule has 0 aliphatic carbocycles. The summed E-state index contributed by atoms with van der Waals surface area (Å²) < 4.78 is 26.2. The van der Waals surface area contributed by atoms with Gasteiger partial charge in [0.25, 0.3) is 10.1 Å². The van der Waals surface area contributed by atoms with E-state index in [-0.39, 0.29) is 6.61 Å². The molecule has 0 bridgehead atoms. The second kappa shape index (κ2) is 7.10. The summed E-state index contributed by atoms with van der Waals surface area (Å²) in [5.41, 5.74) is 0.806. The minimum Gasteiger partial charge on any atom is -0.287 e. The average Bonchev–Trinajstić information content (AvgIpc) is 2.32. The zero-order valence-corrected chi connectivity index (χ0v) is 11.6. The molecule has 0 aliphatic rings. The lowest BCUT2D eigenvalue weighted by molar-refractivity contribution is -0.211. The maximum Gasteiger partial charge on any atom is 0.352 e.